The first-order chi connectivity index (χ1) is 7.57. The van der Waals surface area contributed by atoms with E-state index < -0.39 is 21.7 Å². The van der Waals surface area contributed by atoms with Crippen LogP contribution < -0.4 is 0 Å². The summed E-state index contributed by atoms with van der Waals surface area (Å²) in [6.07, 6.45) is 0.394. The fourth-order valence-electron chi connectivity index (χ4n) is 1.63. The van der Waals surface area contributed by atoms with Crippen molar-refractivity contribution < 1.29 is 17.9 Å². The molecule has 1 saturated heterocycles. The van der Waals surface area contributed by atoms with Crippen molar-refractivity contribution in [2.45, 2.75) is 13.0 Å². The maximum absolute atomic E-state index is 11.5. The molecular formula is C10H12O4S2. The molecule has 16 heavy (non-hydrogen) atoms. The van der Waals surface area contributed by atoms with Gasteiger partial charge in [-0.3, -0.25) is 4.79 Å². The molecule has 0 N–H and O–H groups in total. The zero-order valence-corrected chi connectivity index (χ0v) is 10.2. The highest BCUT2D eigenvalue weighted by molar-refractivity contribution is 7.91. The van der Waals surface area contributed by atoms with E-state index in [1.54, 1.807) is 0 Å². The first-order valence-electron chi connectivity index (χ1n) is 4.95. The Balaban J connectivity index is 1.85. The van der Waals surface area contributed by atoms with E-state index in [4.69, 9.17) is 4.74 Å². The van der Waals surface area contributed by atoms with E-state index in [1.165, 1.54) is 11.3 Å². The molecule has 0 radical (unpaired) electrons. The van der Waals surface area contributed by atoms with Gasteiger partial charge in [-0.15, -0.1) is 0 Å². The van der Waals surface area contributed by atoms with Crippen molar-refractivity contribution in [2.75, 3.05) is 11.5 Å². The predicted molar refractivity (Wildman–Crippen MR) is 60.9 cm³/mol. The van der Waals surface area contributed by atoms with Crippen molar-refractivity contribution in [2.24, 2.45) is 5.92 Å². The summed E-state index contributed by atoms with van der Waals surface area (Å²) in [6, 6.07) is 1.88. The van der Waals surface area contributed by atoms with Crippen LogP contribution in [0.25, 0.3) is 0 Å². The van der Waals surface area contributed by atoms with E-state index in [-0.39, 0.29) is 18.1 Å². The molecule has 1 aromatic rings. The number of esters is 1. The van der Waals surface area contributed by atoms with Gasteiger partial charge in [-0.1, -0.05) is 0 Å². The topological polar surface area (TPSA) is 60.4 Å². The highest BCUT2D eigenvalue weighted by atomic mass is 32.2. The molecule has 0 saturated carbocycles. The van der Waals surface area contributed by atoms with Crippen LogP contribution in [0.3, 0.4) is 0 Å². The Kier molecular flexibility index (Phi) is 3.30. The lowest BCUT2D eigenvalue weighted by Gasteiger charge is -2.07. The molecule has 0 spiro atoms. The van der Waals surface area contributed by atoms with Crippen LogP contribution in [0.5, 0.6) is 0 Å². The molecule has 0 unspecified atom stereocenters. The van der Waals surface area contributed by atoms with Crippen LogP contribution in [0.2, 0.25) is 0 Å². The predicted octanol–water partition coefficient (Wildman–Crippen LogP) is 1.23. The fourth-order valence-corrected chi connectivity index (χ4v) is 4.01. The van der Waals surface area contributed by atoms with Crippen molar-refractivity contribution in [3.05, 3.63) is 22.4 Å². The van der Waals surface area contributed by atoms with Gasteiger partial charge in [0.1, 0.15) is 6.61 Å². The van der Waals surface area contributed by atoms with Crippen LogP contribution in [-0.4, -0.2) is 25.9 Å². The van der Waals surface area contributed by atoms with Gasteiger partial charge >= 0.3 is 5.97 Å². The van der Waals surface area contributed by atoms with E-state index in [1.807, 2.05) is 16.8 Å². The molecule has 0 aromatic carbocycles. The summed E-state index contributed by atoms with van der Waals surface area (Å²) in [5, 5.41) is 3.81. The van der Waals surface area contributed by atoms with E-state index in [2.05, 4.69) is 0 Å². The van der Waals surface area contributed by atoms with Gasteiger partial charge in [-0.2, -0.15) is 11.3 Å². The van der Waals surface area contributed by atoms with Gasteiger partial charge < -0.3 is 4.74 Å². The molecule has 2 heterocycles. The number of thiophene rings is 1. The van der Waals surface area contributed by atoms with Crippen LogP contribution in [0, 0.1) is 5.92 Å². The number of rotatable bonds is 3. The second-order valence-corrected chi connectivity index (χ2v) is 6.85. The minimum atomic E-state index is -3.01. The molecule has 1 atom stereocenters. The lowest BCUT2D eigenvalue weighted by molar-refractivity contribution is -0.148. The van der Waals surface area contributed by atoms with Crippen molar-refractivity contribution in [1.82, 2.24) is 0 Å². The summed E-state index contributed by atoms with van der Waals surface area (Å²) in [4.78, 5) is 11.5. The SMILES string of the molecule is O=C(OCc1ccsc1)[C@@H]1CCS(=O)(=O)C1. The average molecular weight is 260 g/mol. The van der Waals surface area contributed by atoms with E-state index >= 15 is 0 Å². The monoisotopic (exact) mass is 260 g/mol. The largest absolute Gasteiger partial charge is 0.461 e. The van der Waals surface area contributed by atoms with Crippen molar-refractivity contribution >= 4 is 27.1 Å². The Morgan fingerprint density at radius 2 is 2.38 bits per heavy atom. The molecule has 1 aromatic heterocycles. The summed E-state index contributed by atoms with van der Waals surface area (Å²) in [7, 11) is -3.01. The second-order valence-electron chi connectivity index (χ2n) is 3.84. The first-order valence-corrected chi connectivity index (χ1v) is 7.71. The van der Waals surface area contributed by atoms with Crippen LogP contribution in [0.1, 0.15) is 12.0 Å². The smallest absolute Gasteiger partial charge is 0.310 e. The molecule has 4 nitrogen and oxygen atoms in total. The van der Waals surface area contributed by atoms with Gasteiger partial charge in [0, 0.05) is 5.56 Å². The molecule has 0 bridgehead atoms. The number of carbonyl (C=O) groups is 1. The summed E-state index contributed by atoms with van der Waals surface area (Å²) in [5.41, 5.74) is 0.944. The van der Waals surface area contributed by atoms with E-state index in [0.717, 1.165) is 5.56 Å². The van der Waals surface area contributed by atoms with Gasteiger partial charge in [-0.25, -0.2) is 8.42 Å². The van der Waals surface area contributed by atoms with Crippen LogP contribution in [0.15, 0.2) is 16.8 Å². The highest BCUT2D eigenvalue weighted by Gasteiger charge is 2.33. The van der Waals surface area contributed by atoms with Crippen LogP contribution >= 0.6 is 11.3 Å². The zero-order valence-electron chi connectivity index (χ0n) is 8.59. The second kappa shape index (κ2) is 4.55. The summed E-state index contributed by atoms with van der Waals surface area (Å²) in [6.45, 7) is 0.235. The highest BCUT2D eigenvalue weighted by Crippen LogP contribution is 2.20. The van der Waals surface area contributed by atoms with Crippen LogP contribution in [0.4, 0.5) is 0 Å². The third-order valence-electron chi connectivity index (χ3n) is 2.53. The summed E-state index contributed by atoms with van der Waals surface area (Å²) >= 11 is 1.54. The lowest BCUT2D eigenvalue weighted by atomic mass is 10.1. The fraction of sp³-hybridized carbons (Fsp3) is 0.500. The molecule has 6 heteroatoms. The van der Waals surface area contributed by atoms with E-state index in [0.29, 0.717) is 6.42 Å². The Morgan fingerprint density at radius 1 is 1.56 bits per heavy atom. The maximum atomic E-state index is 11.5. The Labute approximate surface area is 98.2 Å². The van der Waals surface area contributed by atoms with Gasteiger partial charge in [0.2, 0.25) is 0 Å². The Bertz CT molecular complexity index is 461. The average Bonchev–Trinajstić information content (AvgIpc) is 2.83. The van der Waals surface area contributed by atoms with Crippen molar-refractivity contribution in [3.8, 4) is 0 Å². The normalized spacial score (nSPS) is 23.1. The molecular weight excluding hydrogens is 248 g/mol. The molecule has 2 rings (SSSR count). The Hall–Kier alpha value is -0.880. The van der Waals surface area contributed by atoms with Crippen molar-refractivity contribution in [1.29, 1.82) is 0 Å². The molecule has 0 aliphatic carbocycles. The number of hydrogen-bond acceptors (Lipinski definition) is 5. The van der Waals surface area contributed by atoms with Gasteiger partial charge in [-0.05, 0) is 23.2 Å². The van der Waals surface area contributed by atoms with Crippen molar-refractivity contribution in [3.63, 3.8) is 0 Å². The number of hydrogen-bond donors (Lipinski definition) is 0. The minimum absolute atomic E-state index is 0.0600. The molecule has 0 amide bonds. The number of carbonyl (C=O) groups excluding carboxylic acids is 1. The number of ether oxygens (including phenoxy) is 1. The first kappa shape index (κ1) is 11.6. The quantitative estimate of drug-likeness (QED) is 0.767. The van der Waals surface area contributed by atoms with Gasteiger partial charge in [0.25, 0.3) is 0 Å². The minimum Gasteiger partial charge on any atom is -0.461 e. The molecule has 1 aliphatic rings. The molecule has 1 aliphatic heterocycles. The van der Waals surface area contributed by atoms with Gasteiger partial charge in [0.05, 0.1) is 17.4 Å². The van der Waals surface area contributed by atoms with Crippen LogP contribution in [-0.2, 0) is 26.0 Å². The Morgan fingerprint density at radius 3 is 2.94 bits per heavy atom. The third kappa shape index (κ3) is 2.82. The maximum Gasteiger partial charge on any atom is 0.310 e. The third-order valence-corrected chi connectivity index (χ3v) is 5.03. The lowest BCUT2D eigenvalue weighted by Crippen LogP contribution is -2.18. The summed E-state index contributed by atoms with van der Waals surface area (Å²) in [5.74, 6) is -0.823. The van der Waals surface area contributed by atoms with Gasteiger partial charge in [0.15, 0.2) is 9.84 Å². The molecule has 88 valence electrons. The number of sulfone groups is 1. The molecule has 1 fully saturated rings. The standard InChI is InChI=1S/C10H12O4S2/c11-10(9-2-4-16(12,13)7-9)14-5-8-1-3-15-6-8/h1,3,6,9H,2,4-5,7H2/t9-/m1/s1. The summed E-state index contributed by atoms with van der Waals surface area (Å²) < 4.78 is 27.4. The zero-order chi connectivity index (χ0) is 11.6. The van der Waals surface area contributed by atoms with E-state index in [9.17, 15) is 13.2 Å².